The van der Waals surface area contributed by atoms with E-state index in [9.17, 15) is 18.8 Å². The number of halogens is 1. The van der Waals surface area contributed by atoms with Crippen molar-refractivity contribution >= 4 is 17.9 Å². The summed E-state index contributed by atoms with van der Waals surface area (Å²) in [4.78, 5) is 35.4. The van der Waals surface area contributed by atoms with Crippen LogP contribution in [0.1, 0.15) is 44.6 Å². The van der Waals surface area contributed by atoms with Crippen molar-refractivity contribution in [1.29, 1.82) is 0 Å². The zero-order chi connectivity index (χ0) is 18.2. The van der Waals surface area contributed by atoms with Crippen LogP contribution in [-0.2, 0) is 20.7 Å². The van der Waals surface area contributed by atoms with Crippen LogP contribution in [-0.4, -0.2) is 30.1 Å². The van der Waals surface area contributed by atoms with Crippen molar-refractivity contribution in [3.05, 3.63) is 35.6 Å². The molecular weight excluding hydrogens is 327 g/mol. The molecule has 1 aliphatic carbocycles. The summed E-state index contributed by atoms with van der Waals surface area (Å²) in [7, 11) is 0. The number of carbonyl (C=O) groups excluding carboxylic acids is 3. The first kappa shape index (κ1) is 18.9. The molecule has 3 amide bonds. The Labute approximate surface area is 146 Å². The normalized spacial score (nSPS) is 15.4. The number of benzene rings is 1. The predicted octanol–water partition coefficient (Wildman–Crippen LogP) is 2.46. The molecule has 2 rings (SSSR count). The Morgan fingerprint density at radius 2 is 1.92 bits per heavy atom. The van der Waals surface area contributed by atoms with E-state index in [4.69, 9.17) is 4.74 Å². The van der Waals surface area contributed by atoms with Gasteiger partial charge >= 0.3 is 12.0 Å². The van der Waals surface area contributed by atoms with Crippen LogP contribution in [0.4, 0.5) is 9.18 Å². The molecule has 0 bridgehead atoms. The topological polar surface area (TPSA) is 84.5 Å². The predicted molar refractivity (Wildman–Crippen MR) is 89.2 cm³/mol. The molecule has 0 aliphatic heterocycles. The largest absolute Gasteiger partial charge is 0.453 e. The SMILES string of the molecule is C[C@@H](OC(=O)CCc1ccccc1F)C(=O)NC(=O)NC1CCCC1. The molecule has 0 unspecified atom stereocenters. The maximum atomic E-state index is 13.5. The van der Waals surface area contributed by atoms with Crippen LogP contribution in [0.3, 0.4) is 0 Å². The maximum absolute atomic E-state index is 13.5. The lowest BCUT2D eigenvalue weighted by Gasteiger charge is -2.15. The molecule has 0 radical (unpaired) electrons. The van der Waals surface area contributed by atoms with Crippen molar-refractivity contribution in [2.24, 2.45) is 0 Å². The van der Waals surface area contributed by atoms with Crippen LogP contribution in [0.25, 0.3) is 0 Å². The molecule has 1 saturated carbocycles. The second-order valence-electron chi connectivity index (χ2n) is 6.17. The number of nitrogens with one attached hydrogen (secondary N) is 2. The molecular formula is C18H23FN2O4. The molecule has 0 saturated heterocycles. The van der Waals surface area contributed by atoms with Gasteiger partial charge in [-0.15, -0.1) is 0 Å². The van der Waals surface area contributed by atoms with Gasteiger partial charge in [-0.25, -0.2) is 9.18 Å². The number of rotatable bonds is 6. The zero-order valence-electron chi connectivity index (χ0n) is 14.2. The van der Waals surface area contributed by atoms with Crippen molar-refractivity contribution in [3.8, 4) is 0 Å². The summed E-state index contributed by atoms with van der Waals surface area (Å²) in [5.74, 6) is -1.69. The number of urea groups is 1. The Bertz CT molecular complexity index is 629. The smallest absolute Gasteiger partial charge is 0.321 e. The van der Waals surface area contributed by atoms with Gasteiger partial charge in [0, 0.05) is 12.5 Å². The molecule has 136 valence electrons. The van der Waals surface area contributed by atoms with E-state index >= 15 is 0 Å². The Hall–Kier alpha value is -2.44. The number of imide groups is 1. The van der Waals surface area contributed by atoms with Crippen molar-refractivity contribution in [3.63, 3.8) is 0 Å². The molecule has 1 aromatic carbocycles. The lowest BCUT2D eigenvalue weighted by atomic mass is 10.1. The van der Waals surface area contributed by atoms with Crippen molar-refractivity contribution < 1.29 is 23.5 Å². The van der Waals surface area contributed by atoms with Crippen molar-refractivity contribution in [2.75, 3.05) is 0 Å². The number of ether oxygens (including phenoxy) is 1. The minimum Gasteiger partial charge on any atom is -0.453 e. The third-order valence-electron chi connectivity index (χ3n) is 4.16. The third-order valence-corrected chi connectivity index (χ3v) is 4.16. The van der Waals surface area contributed by atoms with E-state index in [1.165, 1.54) is 13.0 Å². The van der Waals surface area contributed by atoms with Gasteiger partial charge in [0.15, 0.2) is 6.10 Å². The van der Waals surface area contributed by atoms with E-state index in [1.807, 2.05) is 0 Å². The highest BCUT2D eigenvalue weighted by molar-refractivity contribution is 5.97. The molecule has 1 fully saturated rings. The molecule has 1 aromatic rings. The summed E-state index contributed by atoms with van der Waals surface area (Å²) in [5, 5.41) is 4.89. The van der Waals surface area contributed by atoms with Gasteiger partial charge in [-0.2, -0.15) is 0 Å². The first-order valence-corrected chi connectivity index (χ1v) is 8.50. The van der Waals surface area contributed by atoms with Crippen molar-refractivity contribution in [1.82, 2.24) is 10.6 Å². The van der Waals surface area contributed by atoms with Crippen LogP contribution < -0.4 is 10.6 Å². The molecule has 6 nitrogen and oxygen atoms in total. The fraction of sp³-hybridized carbons (Fsp3) is 0.500. The number of hydrogen-bond donors (Lipinski definition) is 2. The van der Waals surface area contributed by atoms with Gasteiger partial charge in [0.05, 0.1) is 0 Å². The van der Waals surface area contributed by atoms with Crippen LogP contribution in [0.5, 0.6) is 0 Å². The molecule has 1 aliphatic rings. The first-order chi connectivity index (χ1) is 12.0. The number of amides is 3. The average molecular weight is 350 g/mol. The second-order valence-corrected chi connectivity index (χ2v) is 6.17. The van der Waals surface area contributed by atoms with Gasteiger partial charge in [0.1, 0.15) is 5.82 Å². The number of hydrogen-bond acceptors (Lipinski definition) is 4. The molecule has 7 heteroatoms. The van der Waals surface area contributed by atoms with E-state index in [0.717, 1.165) is 25.7 Å². The zero-order valence-corrected chi connectivity index (χ0v) is 14.2. The van der Waals surface area contributed by atoms with Gasteiger partial charge in [-0.1, -0.05) is 31.0 Å². The Morgan fingerprint density at radius 1 is 1.24 bits per heavy atom. The van der Waals surface area contributed by atoms with Gasteiger partial charge in [0.2, 0.25) is 0 Å². The lowest BCUT2D eigenvalue weighted by Crippen LogP contribution is -2.47. The lowest BCUT2D eigenvalue weighted by molar-refractivity contribution is -0.154. The molecule has 0 aromatic heterocycles. The molecule has 1 atom stereocenters. The quantitative estimate of drug-likeness (QED) is 0.772. The van der Waals surface area contributed by atoms with Crippen LogP contribution in [0.15, 0.2) is 24.3 Å². The summed E-state index contributed by atoms with van der Waals surface area (Å²) in [6.07, 6.45) is 2.98. The van der Waals surface area contributed by atoms with Gasteiger partial charge in [0.25, 0.3) is 5.91 Å². The van der Waals surface area contributed by atoms with Gasteiger partial charge in [-0.3, -0.25) is 14.9 Å². The summed E-state index contributed by atoms with van der Waals surface area (Å²) < 4.78 is 18.5. The molecule has 25 heavy (non-hydrogen) atoms. The molecule has 2 N–H and O–H groups in total. The second kappa shape index (κ2) is 9.15. The summed E-state index contributed by atoms with van der Waals surface area (Å²) >= 11 is 0. The van der Waals surface area contributed by atoms with E-state index in [-0.39, 0.29) is 24.7 Å². The van der Waals surface area contributed by atoms with E-state index in [1.54, 1.807) is 18.2 Å². The molecule has 0 spiro atoms. The molecule has 0 heterocycles. The highest BCUT2D eigenvalue weighted by atomic mass is 19.1. The number of aryl methyl sites for hydroxylation is 1. The van der Waals surface area contributed by atoms with Crippen molar-refractivity contribution in [2.45, 2.75) is 57.6 Å². The minimum atomic E-state index is -1.09. The monoisotopic (exact) mass is 350 g/mol. The average Bonchev–Trinajstić information content (AvgIpc) is 3.06. The third kappa shape index (κ3) is 6.17. The van der Waals surface area contributed by atoms with E-state index < -0.39 is 24.0 Å². The standard InChI is InChI=1S/C18H23FN2O4/c1-12(17(23)21-18(24)20-14-7-3-4-8-14)25-16(22)11-10-13-6-2-5-9-15(13)19/h2,5-6,9,12,14H,3-4,7-8,10-11H2,1H3,(H2,20,21,23,24)/t12-/m1/s1. The fourth-order valence-corrected chi connectivity index (χ4v) is 2.75. The Balaban J connectivity index is 1.71. The highest BCUT2D eigenvalue weighted by Crippen LogP contribution is 2.17. The van der Waals surface area contributed by atoms with Crippen LogP contribution in [0.2, 0.25) is 0 Å². The van der Waals surface area contributed by atoms with Gasteiger partial charge < -0.3 is 10.1 Å². The number of carbonyl (C=O) groups is 3. The Kier molecular flexibility index (Phi) is 6.91. The maximum Gasteiger partial charge on any atom is 0.321 e. The van der Waals surface area contributed by atoms with E-state index in [2.05, 4.69) is 10.6 Å². The first-order valence-electron chi connectivity index (χ1n) is 8.50. The highest BCUT2D eigenvalue weighted by Gasteiger charge is 2.22. The van der Waals surface area contributed by atoms with Crippen LogP contribution >= 0.6 is 0 Å². The summed E-state index contributed by atoms with van der Waals surface area (Å²) in [5.41, 5.74) is 0.410. The van der Waals surface area contributed by atoms with Gasteiger partial charge in [-0.05, 0) is 37.8 Å². The summed E-state index contributed by atoms with van der Waals surface area (Å²) in [6.45, 7) is 1.39. The fourth-order valence-electron chi connectivity index (χ4n) is 2.75. The van der Waals surface area contributed by atoms with E-state index in [0.29, 0.717) is 5.56 Å². The number of esters is 1. The van der Waals surface area contributed by atoms with Crippen LogP contribution in [0, 0.1) is 5.82 Å². The minimum absolute atomic E-state index is 0.0488. The Morgan fingerprint density at radius 3 is 2.60 bits per heavy atom. The summed E-state index contributed by atoms with van der Waals surface area (Å²) in [6, 6.07) is 5.67.